The lowest BCUT2D eigenvalue weighted by atomic mass is 10.1. The largest absolute Gasteiger partial charge is 0.397 e. The molecule has 0 aliphatic carbocycles. The van der Waals surface area contributed by atoms with Crippen molar-refractivity contribution >= 4 is 28.4 Å². The maximum Gasteiger partial charge on any atom is 0.204 e. The average Bonchev–Trinajstić information content (AvgIpc) is 2.96. The molecule has 0 atom stereocenters. The van der Waals surface area contributed by atoms with Crippen LogP contribution >= 0.6 is 0 Å². The first-order valence-corrected chi connectivity index (χ1v) is 9.24. The average molecular weight is 368 g/mol. The van der Waals surface area contributed by atoms with Gasteiger partial charge in [0, 0.05) is 6.04 Å². The first-order valence-electron chi connectivity index (χ1n) is 9.24. The number of benzene rings is 2. The van der Waals surface area contributed by atoms with E-state index >= 15 is 0 Å². The van der Waals surface area contributed by atoms with Crippen LogP contribution in [-0.4, -0.2) is 40.6 Å². The van der Waals surface area contributed by atoms with Gasteiger partial charge in [-0.2, -0.15) is 0 Å². The molecule has 3 aromatic rings. The number of imidazole rings is 1. The van der Waals surface area contributed by atoms with Gasteiger partial charge in [-0.15, -0.1) is 0 Å². The summed E-state index contributed by atoms with van der Waals surface area (Å²) in [7, 11) is 2.14. The van der Waals surface area contributed by atoms with Crippen LogP contribution in [0.4, 0.5) is 21.7 Å². The van der Waals surface area contributed by atoms with E-state index in [1.54, 1.807) is 12.1 Å². The summed E-state index contributed by atoms with van der Waals surface area (Å²) in [6, 6.07) is 10.6. The Morgan fingerprint density at radius 2 is 1.78 bits per heavy atom. The molecule has 5 N–H and O–H groups in total. The topological polar surface area (TPSA) is 85.1 Å². The molecule has 0 radical (unpaired) electrons. The number of nitrogens with one attached hydrogen (secondary N) is 1. The van der Waals surface area contributed by atoms with Crippen LogP contribution in [0.15, 0.2) is 36.4 Å². The molecule has 0 spiro atoms. The number of anilines is 3. The second-order valence-corrected chi connectivity index (χ2v) is 7.34. The predicted molar refractivity (Wildman–Crippen MR) is 108 cm³/mol. The van der Waals surface area contributed by atoms with Gasteiger partial charge in [0.05, 0.1) is 29.0 Å². The zero-order valence-electron chi connectivity index (χ0n) is 15.5. The number of rotatable bonds is 4. The zero-order valence-corrected chi connectivity index (χ0v) is 15.5. The minimum atomic E-state index is -0.240. The van der Waals surface area contributed by atoms with Crippen LogP contribution in [0.5, 0.6) is 0 Å². The van der Waals surface area contributed by atoms with Gasteiger partial charge < -0.3 is 26.3 Å². The van der Waals surface area contributed by atoms with Crippen molar-refractivity contribution in [3.63, 3.8) is 0 Å². The molecule has 0 amide bonds. The fourth-order valence-electron chi connectivity index (χ4n) is 3.58. The summed E-state index contributed by atoms with van der Waals surface area (Å²) < 4.78 is 15.4. The van der Waals surface area contributed by atoms with Gasteiger partial charge in [0.15, 0.2) is 0 Å². The molecule has 1 aromatic heterocycles. The molecule has 1 aliphatic rings. The molecule has 27 heavy (non-hydrogen) atoms. The Labute approximate surface area is 158 Å². The van der Waals surface area contributed by atoms with Crippen molar-refractivity contribution in [2.75, 3.05) is 36.9 Å². The van der Waals surface area contributed by atoms with E-state index in [4.69, 9.17) is 16.5 Å². The number of nitrogen functional groups attached to an aromatic ring is 2. The Bertz CT molecular complexity index is 941. The SMILES string of the molecule is CN1CCC(Nc2nc3cc(N)c(N)cc3n2Cc2ccc(F)cc2)CC1. The molecule has 1 fully saturated rings. The van der Waals surface area contributed by atoms with Crippen molar-refractivity contribution in [3.8, 4) is 0 Å². The number of hydrogen-bond acceptors (Lipinski definition) is 5. The summed E-state index contributed by atoms with van der Waals surface area (Å²) in [4.78, 5) is 7.10. The van der Waals surface area contributed by atoms with E-state index in [0.717, 1.165) is 48.5 Å². The number of fused-ring (bicyclic) bond motifs is 1. The molecule has 1 aliphatic heterocycles. The fraction of sp³-hybridized carbons (Fsp3) is 0.350. The lowest BCUT2D eigenvalue weighted by Crippen LogP contribution is -2.37. The highest BCUT2D eigenvalue weighted by molar-refractivity contribution is 5.88. The fourth-order valence-corrected chi connectivity index (χ4v) is 3.58. The molecular formula is C20H25FN6. The van der Waals surface area contributed by atoms with Crippen molar-refractivity contribution in [2.24, 2.45) is 0 Å². The van der Waals surface area contributed by atoms with Crippen molar-refractivity contribution in [1.29, 1.82) is 0 Å². The summed E-state index contributed by atoms with van der Waals surface area (Å²) in [6.45, 7) is 2.71. The summed E-state index contributed by atoms with van der Waals surface area (Å²) in [5, 5.41) is 3.60. The standard InChI is InChI=1S/C20H25FN6/c1-26-8-6-15(7-9-26)24-20-25-18-10-16(22)17(23)11-19(18)27(20)12-13-2-4-14(21)5-3-13/h2-5,10-11,15H,6-9,12,22-23H2,1H3,(H,24,25). The number of nitrogens with two attached hydrogens (primary N) is 2. The summed E-state index contributed by atoms with van der Waals surface area (Å²) >= 11 is 0. The number of hydrogen-bond donors (Lipinski definition) is 3. The highest BCUT2D eigenvalue weighted by Crippen LogP contribution is 2.28. The van der Waals surface area contributed by atoms with Gasteiger partial charge in [-0.1, -0.05) is 12.1 Å². The van der Waals surface area contributed by atoms with Gasteiger partial charge in [0.2, 0.25) is 5.95 Å². The van der Waals surface area contributed by atoms with E-state index in [1.807, 2.05) is 12.1 Å². The molecular weight excluding hydrogens is 343 g/mol. The van der Waals surface area contributed by atoms with Crippen LogP contribution in [0.3, 0.4) is 0 Å². The lowest BCUT2D eigenvalue weighted by molar-refractivity contribution is 0.263. The van der Waals surface area contributed by atoms with E-state index in [2.05, 4.69) is 21.8 Å². The monoisotopic (exact) mass is 368 g/mol. The second kappa shape index (κ2) is 7.08. The number of halogens is 1. The summed E-state index contributed by atoms with van der Waals surface area (Å²) in [6.07, 6.45) is 2.14. The number of likely N-dealkylation sites (tertiary alicyclic amines) is 1. The smallest absolute Gasteiger partial charge is 0.204 e. The summed E-state index contributed by atoms with van der Waals surface area (Å²) in [5.41, 5.74) is 15.8. The van der Waals surface area contributed by atoms with Crippen LogP contribution in [0.25, 0.3) is 11.0 Å². The third-order valence-corrected chi connectivity index (χ3v) is 5.26. The van der Waals surface area contributed by atoms with Crippen LogP contribution in [0.1, 0.15) is 18.4 Å². The maximum absolute atomic E-state index is 13.3. The van der Waals surface area contributed by atoms with Gasteiger partial charge in [0.1, 0.15) is 5.82 Å². The lowest BCUT2D eigenvalue weighted by Gasteiger charge is -2.29. The van der Waals surface area contributed by atoms with Crippen LogP contribution in [0.2, 0.25) is 0 Å². The van der Waals surface area contributed by atoms with Gasteiger partial charge in [0.25, 0.3) is 0 Å². The maximum atomic E-state index is 13.3. The molecule has 1 saturated heterocycles. The first kappa shape index (κ1) is 17.6. The molecule has 7 heteroatoms. The molecule has 2 heterocycles. The Morgan fingerprint density at radius 3 is 2.48 bits per heavy atom. The highest BCUT2D eigenvalue weighted by atomic mass is 19.1. The van der Waals surface area contributed by atoms with Gasteiger partial charge in [-0.25, -0.2) is 9.37 Å². The number of piperidine rings is 1. The quantitative estimate of drug-likeness (QED) is 0.617. The van der Waals surface area contributed by atoms with E-state index in [0.29, 0.717) is 24.0 Å². The van der Waals surface area contributed by atoms with Crippen LogP contribution < -0.4 is 16.8 Å². The van der Waals surface area contributed by atoms with Gasteiger partial charge >= 0.3 is 0 Å². The Balaban J connectivity index is 1.71. The van der Waals surface area contributed by atoms with Crippen molar-refractivity contribution in [3.05, 3.63) is 47.8 Å². The Morgan fingerprint density at radius 1 is 1.11 bits per heavy atom. The van der Waals surface area contributed by atoms with E-state index in [-0.39, 0.29) is 5.82 Å². The van der Waals surface area contributed by atoms with Crippen molar-refractivity contribution in [1.82, 2.24) is 14.5 Å². The predicted octanol–water partition coefficient (Wildman–Crippen LogP) is 2.89. The van der Waals surface area contributed by atoms with Crippen molar-refractivity contribution in [2.45, 2.75) is 25.4 Å². The summed E-state index contributed by atoms with van der Waals surface area (Å²) in [5.74, 6) is 0.560. The highest BCUT2D eigenvalue weighted by Gasteiger charge is 2.20. The second-order valence-electron chi connectivity index (χ2n) is 7.34. The normalized spacial score (nSPS) is 16.1. The minimum absolute atomic E-state index is 0.240. The number of nitrogens with zero attached hydrogens (tertiary/aromatic N) is 3. The number of aromatic nitrogens is 2. The first-order chi connectivity index (χ1) is 13.0. The van der Waals surface area contributed by atoms with Crippen LogP contribution in [-0.2, 0) is 6.54 Å². The molecule has 4 rings (SSSR count). The van der Waals surface area contributed by atoms with Gasteiger partial charge in [-0.3, -0.25) is 0 Å². The van der Waals surface area contributed by atoms with E-state index in [1.165, 1.54) is 12.1 Å². The molecule has 0 bridgehead atoms. The minimum Gasteiger partial charge on any atom is -0.397 e. The molecule has 0 unspecified atom stereocenters. The Hall–Kier alpha value is -2.80. The molecule has 2 aromatic carbocycles. The van der Waals surface area contributed by atoms with Crippen molar-refractivity contribution < 1.29 is 4.39 Å². The molecule has 0 saturated carbocycles. The van der Waals surface area contributed by atoms with E-state index in [9.17, 15) is 4.39 Å². The van der Waals surface area contributed by atoms with Crippen LogP contribution in [0, 0.1) is 5.82 Å². The Kier molecular flexibility index (Phi) is 4.61. The third-order valence-electron chi connectivity index (χ3n) is 5.26. The van der Waals surface area contributed by atoms with Gasteiger partial charge in [-0.05, 0) is 62.8 Å². The third kappa shape index (κ3) is 3.68. The van der Waals surface area contributed by atoms with E-state index < -0.39 is 0 Å². The molecule has 6 nitrogen and oxygen atoms in total. The molecule has 142 valence electrons. The zero-order chi connectivity index (χ0) is 19.0.